The molecule has 5 N–H and O–H groups in total. The molecule has 0 bridgehead atoms. The maximum absolute atomic E-state index is 13.7. The van der Waals surface area contributed by atoms with Gasteiger partial charge in [0.15, 0.2) is 0 Å². The summed E-state index contributed by atoms with van der Waals surface area (Å²) in [5.74, 6) is 0.729. The number of methoxy groups -OCH3 is 1. The number of nitrogens with zero attached hydrogens (tertiary/aromatic N) is 3. The van der Waals surface area contributed by atoms with Gasteiger partial charge in [0.05, 0.1) is 48.4 Å². The van der Waals surface area contributed by atoms with Crippen LogP contribution in [0.1, 0.15) is 92.2 Å². The average Bonchev–Trinajstić information content (AvgIpc) is 3.23. The van der Waals surface area contributed by atoms with E-state index >= 15 is 0 Å². The maximum atomic E-state index is 13.7. The first-order chi connectivity index (χ1) is 30.6. The van der Waals surface area contributed by atoms with Gasteiger partial charge in [-0.25, -0.2) is 18.0 Å². The fourth-order valence-corrected chi connectivity index (χ4v) is 8.08. The first-order valence-corrected chi connectivity index (χ1v) is 23.5. The van der Waals surface area contributed by atoms with E-state index in [1.807, 2.05) is 67.6 Å². The summed E-state index contributed by atoms with van der Waals surface area (Å²) in [4.78, 5) is 24.8. The van der Waals surface area contributed by atoms with Crippen molar-refractivity contribution in [1.82, 2.24) is 20.3 Å². The van der Waals surface area contributed by atoms with E-state index in [9.17, 15) is 28.2 Å². The molecule has 0 radical (unpaired) electrons. The van der Waals surface area contributed by atoms with Crippen molar-refractivity contribution >= 4 is 22.2 Å². The predicted octanol–water partition coefficient (Wildman–Crippen LogP) is 7.14. The molecule has 0 saturated heterocycles. The summed E-state index contributed by atoms with van der Waals surface area (Å²) >= 11 is 0. The van der Waals surface area contributed by atoms with Gasteiger partial charge in [0, 0.05) is 32.5 Å². The summed E-state index contributed by atoms with van der Waals surface area (Å²) in [7, 11) is -2.52. The maximum Gasteiger partial charge on any atom is 0.407 e. The van der Waals surface area contributed by atoms with E-state index in [4.69, 9.17) is 24.7 Å². The van der Waals surface area contributed by atoms with Crippen LogP contribution in [0.3, 0.4) is 0 Å². The standard InChI is InChI=1S/C28H39N3O6S.C21H33N3O3/c1-21(10-9-17-29)19-31(38(34,35)24-15-13-23(36-5)14-16-24)20-26(32)25(18-22-11-7-6-8-12-22)30-27(33)37-28(2,3)4;1-16(9-8-12-22)14-23-15-19(25)18(13-17-10-6-5-7-11-17)24-20(26)27-21(2,3)4/h6-8,11-16,21,25-26,32H,9-10,18-20H2,1-5H3,(H,30,33);5-7,10-11,16,18-19,23,25H,8-9,13-15H2,1-4H3,(H,24,26)/t21?,25-,26+;16?,18-,19+/m00/s1. The number of sulfonamides is 1. The highest BCUT2D eigenvalue weighted by molar-refractivity contribution is 7.89. The van der Waals surface area contributed by atoms with Crippen molar-refractivity contribution in [2.45, 2.75) is 134 Å². The number of rotatable bonds is 23. The lowest BCUT2D eigenvalue weighted by Gasteiger charge is -2.31. The number of amides is 2. The van der Waals surface area contributed by atoms with Crippen LogP contribution >= 0.6 is 0 Å². The Balaban J connectivity index is 0.000000474. The minimum atomic E-state index is -4.01. The van der Waals surface area contributed by atoms with E-state index in [-0.39, 0.29) is 36.7 Å². The second-order valence-electron chi connectivity index (χ2n) is 18.3. The lowest BCUT2D eigenvalue weighted by molar-refractivity contribution is 0.0396. The van der Waals surface area contributed by atoms with Gasteiger partial charge >= 0.3 is 12.2 Å². The van der Waals surface area contributed by atoms with Crippen LogP contribution in [-0.2, 0) is 32.3 Å². The third kappa shape index (κ3) is 23.0. The van der Waals surface area contributed by atoms with Crippen LogP contribution in [0.5, 0.6) is 5.75 Å². The van der Waals surface area contributed by atoms with Crippen molar-refractivity contribution < 1.29 is 42.4 Å². The van der Waals surface area contributed by atoms with E-state index in [2.05, 4.69) is 35.0 Å². The topological polar surface area (TPSA) is 223 Å². The molecule has 2 unspecified atom stereocenters. The Morgan fingerprint density at radius 2 is 1.12 bits per heavy atom. The zero-order valence-corrected chi connectivity index (χ0v) is 40.4. The Hall–Kier alpha value is -5.23. The van der Waals surface area contributed by atoms with Gasteiger partial charge in [0.2, 0.25) is 10.0 Å². The Morgan fingerprint density at radius 3 is 1.55 bits per heavy atom. The monoisotopic (exact) mass is 921 g/mol. The molecule has 3 aromatic rings. The van der Waals surface area contributed by atoms with Gasteiger partial charge in [-0.15, -0.1) is 0 Å². The molecular formula is C49H72N6O9S. The lowest BCUT2D eigenvalue weighted by atomic mass is 10.0. The number of alkyl carbamates (subject to hydrolysis) is 2. The van der Waals surface area contributed by atoms with Crippen LogP contribution < -0.4 is 20.7 Å². The third-order valence-electron chi connectivity index (χ3n) is 9.88. The lowest BCUT2D eigenvalue weighted by Crippen LogP contribution is -2.52. The van der Waals surface area contributed by atoms with Gasteiger partial charge < -0.3 is 40.4 Å². The third-order valence-corrected chi connectivity index (χ3v) is 11.7. The zero-order valence-electron chi connectivity index (χ0n) is 39.6. The summed E-state index contributed by atoms with van der Waals surface area (Å²) in [6.07, 6.45) is -0.337. The van der Waals surface area contributed by atoms with Crippen LogP contribution in [0.2, 0.25) is 0 Å². The van der Waals surface area contributed by atoms with Crippen molar-refractivity contribution in [3.05, 3.63) is 96.1 Å². The van der Waals surface area contributed by atoms with E-state index in [1.165, 1.54) is 23.5 Å². The Kier molecular flexibility index (Phi) is 24.0. The molecule has 65 heavy (non-hydrogen) atoms. The Bertz CT molecular complexity index is 2030. The summed E-state index contributed by atoms with van der Waals surface area (Å²) in [6, 6.07) is 28.0. The van der Waals surface area contributed by atoms with Gasteiger partial charge in [-0.2, -0.15) is 14.8 Å². The van der Waals surface area contributed by atoms with Crippen molar-refractivity contribution in [3.8, 4) is 17.9 Å². The molecule has 0 spiro atoms. The molecule has 15 nitrogen and oxygen atoms in total. The molecule has 16 heteroatoms. The zero-order chi connectivity index (χ0) is 48.6. The number of aliphatic hydroxyl groups is 2. The van der Waals surface area contributed by atoms with Crippen LogP contribution in [0.4, 0.5) is 9.59 Å². The molecule has 0 fully saturated rings. The highest BCUT2D eigenvalue weighted by Crippen LogP contribution is 2.23. The summed E-state index contributed by atoms with van der Waals surface area (Å²) in [5, 5.41) is 48.3. The molecule has 6 atom stereocenters. The Morgan fingerprint density at radius 1 is 0.677 bits per heavy atom. The number of carbonyl (C=O) groups excluding carboxylic acids is 2. The number of ether oxygens (including phenoxy) is 3. The summed E-state index contributed by atoms with van der Waals surface area (Å²) in [5.41, 5.74) is 0.548. The van der Waals surface area contributed by atoms with Crippen molar-refractivity contribution in [3.63, 3.8) is 0 Å². The van der Waals surface area contributed by atoms with Crippen molar-refractivity contribution in [1.29, 1.82) is 10.5 Å². The average molecular weight is 921 g/mol. The summed E-state index contributed by atoms with van der Waals surface area (Å²) < 4.78 is 44.4. The van der Waals surface area contributed by atoms with Crippen LogP contribution in [0.15, 0.2) is 89.8 Å². The minimum Gasteiger partial charge on any atom is -0.497 e. The van der Waals surface area contributed by atoms with E-state index in [0.717, 1.165) is 17.5 Å². The van der Waals surface area contributed by atoms with Gasteiger partial charge in [-0.05, 0) is 121 Å². The molecule has 0 aliphatic heterocycles. The molecule has 0 saturated carbocycles. The first-order valence-electron chi connectivity index (χ1n) is 22.1. The first kappa shape index (κ1) is 55.9. The van der Waals surface area contributed by atoms with Crippen LogP contribution in [0, 0.1) is 34.5 Å². The number of hydrogen-bond acceptors (Lipinski definition) is 12. The van der Waals surface area contributed by atoms with E-state index < -0.39 is 57.7 Å². The molecule has 2 amide bonds. The molecule has 3 rings (SSSR count). The molecule has 3 aromatic carbocycles. The number of carbonyl (C=O) groups is 2. The number of benzene rings is 3. The molecule has 0 aliphatic rings. The van der Waals surface area contributed by atoms with E-state index in [1.54, 1.807) is 53.7 Å². The molecular weight excluding hydrogens is 849 g/mol. The fourth-order valence-electron chi connectivity index (χ4n) is 6.51. The molecule has 0 aromatic heterocycles. The normalized spacial score (nSPS) is 14.4. The largest absolute Gasteiger partial charge is 0.497 e. The number of aliphatic hydroxyl groups excluding tert-OH is 2. The van der Waals surface area contributed by atoms with E-state index in [0.29, 0.717) is 44.0 Å². The quantitative estimate of drug-likeness (QED) is 0.0641. The molecule has 0 aliphatic carbocycles. The second-order valence-corrected chi connectivity index (χ2v) is 20.2. The number of nitriles is 2. The fraction of sp³-hybridized carbons (Fsp3) is 0.551. The van der Waals surface area contributed by atoms with Gasteiger partial charge in [-0.1, -0.05) is 74.5 Å². The van der Waals surface area contributed by atoms with Crippen LogP contribution in [0.25, 0.3) is 0 Å². The van der Waals surface area contributed by atoms with Crippen LogP contribution in [-0.4, -0.2) is 104 Å². The molecule has 358 valence electrons. The van der Waals surface area contributed by atoms with Gasteiger partial charge in [0.1, 0.15) is 17.0 Å². The summed E-state index contributed by atoms with van der Waals surface area (Å²) in [6.45, 7) is 15.4. The Labute approximate surface area is 387 Å². The smallest absolute Gasteiger partial charge is 0.407 e. The highest BCUT2D eigenvalue weighted by atomic mass is 32.2. The SMILES string of the molecule is CC(CCC#N)CNC[C@@H](O)[C@H](Cc1ccccc1)NC(=O)OC(C)(C)C.COc1ccc(S(=O)(=O)N(CC(C)CCC#N)C[C@@H](O)[C@H](Cc2ccccc2)NC(=O)OC(C)(C)C)cc1. The van der Waals surface area contributed by atoms with Crippen molar-refractivity contribution in [2.75, 3.05) is 33.3 Å². The van der Waals surface area contributed by atoms with Crippen molar-refractivity contribution in [2.24, 2.45) is 11.8 Å². The van der Waals surface area contributed by atoms with Gasteiger partial charge in [0.25, 0.3) is 0 Å². The molecule has 0 heterocycles. The number of hydrogen-bond donors (Lipinski definition) is 5. The minimum absolute atomic E-state index is 0.0534. The highest BCUT2D eigenvalue weighted by Gasteiger charge is 2.33. The second kappa shape index (κ2) is 28.0. The van der Waals surface area contributed by atoms with Gasteiger partial charge in [-0.3, -0.25) is 0 Å². The number of nitrogens with one attached hydrogen (secondary N) is 3. The predicted molar refractivity (Wildman–Crippen MR) is 251 cm³/mol.